The maximum absolute atomic E-state index is 11.9. The summed E-state index contributed by atoms with van der Waals surface area (Å²) in [6.45, 7) is 4.04. The summed E-state index contributed by atoms with van der Waals surface area (Å²) in [5.41, 5.74) is 1.83. The molecule has 0 aliphatic heterocycles. The predicted molar refractivity (Wildman–Crippen MR) is 64.0 cm³/mol. The molecule has 1 saturated carbocycles. The summed E-state index contributed by atoms with van der Waals surface area (Å²) < 4.78 is 1.01. The van der Waals surface area contributed by atoms with Crippen LogP contribution in [-0.2, 0) is 0 Å². The van der Waals surface area contributed by atoms with E-state index in [4.69, 9.17) is 0 Å². The Hall–Kier alpha value is -0.830. The molecule has 1 aromatic rings. The maximum Gasteiger partial charge on any atom is 0.251 e. The highest BCUT2D eigenvalue weighted by Gasteiger charge is 2.38. The van der Waals surface area contributed by atoms with Gasteiger partial charge in [0.15, 0.2) is 0 Å². The van der Waals surface area contributed by atoms with Crippen LogP contribution in [0.3, 0.4) is 0 Å². The molecular formula is C12H14BrNO. The maximum atomic E-state index is 11.9. The van der Waals surface area contributed by atoms with Gasteiger partial charge in [-0.05, 0) is 50.5 Å². The molecule has 0 bridgehead atoms. The number of hydrogen-bond donors (Lipinski definition) is 1. The van der Waals surface area contributed by atoms with Crippen molar-refractivity contribution in [2.45, 2.75) is 32.2 Å². The lowest BCUT2D eigenvalue weighted by Gasteiger charge is -2.12. The minimum Gasteiger partial charge on any atom is -0.347 e. The number of aryl methyl sites for hydroxylation is 1. The van der Waals surface area contributed by atoms with Crippen LogP contribution in [0.15, 0.2) is 22.7 Å². The number of benzene rings is 1. The molecule has 0 aromatic heterocycles. The Labute approximate surface area is 98.2 Å². The van der Waals surface area contributed by atoms with Crippen molar-refractivity contribution >= 4 is 21.8 Å². The number of rotatable bonds is 2. The van der Waals surface area contributed by atoms with Crippen molar-refractivity contribution in [1.29, 1.82) is 0 Å². The van der Waals surface area contributed by atoms with Gasteiger partial charge in [0.25, 0.3) is 5.91 Å². The molecule has 2 rings (SSSR count). The van der Waals surface area contributed by atoms with E-state index in [-0.39, 0.29) is 11.4 Å². The lowest BCUT2D eigenvalue weighted by Crippen LogP contribution is -2.34. The van der Waals surface area contributed by atoms with Gasteiger partial charge >= 0.3 is 0 Å². The lowest BCUT2D eigenvalue weighted by atomic mass is 10.1. The summed E-state index contributed by atoms with van der Waals surface area (Å²) in [5.74, 6) is 0.0417. The fourth-order valence-electron chi connectivity index (χ4n) is 1.54. The third-order valence-corrected chi connectivity index (χ3v) is 3.34. The van der Waals surface area contributed by atoms with E-state index >= 15 is 0 Å². The predicted octanol–water partition coefficient (Wildman–Crippen LogP) is 3.04. The second kappa shape index (κ2) is 3.63. The molecule has 0 heterocycles. The Morgan fingerprint density at radius 2 is 2.13 bits per heavy atom. The highest BCUT2D eigenvalue weighted by Crippen LogP contribution is 2.34. The highest BCUT2D eigenvalue weighted by molar-refractivity contribution is 9.10. The molecule has 1 aliphatic carbocycles. The van der Waals surface area contributed by atoms with E-state index < -0.39 is 0 Å². The fourth-order valence-corrected chi connectivity index (χ4v) is 2.01. The minimum absolute atomic E-state index is 0.0417. The molecule has 0 radical (unpaired) electrons. The molecule has 1 amide bonds. The monoisotopic (exact) mass is 267 g/mol. The zero-order chi connectivity index (χ0) is 11.1. The SMILES string of the molecule is Cc1cc(Br)ccc1C(=O)NC1(C)CC1. The van der Waals surface area contributed by atoms with E-state index in [9.17, 15) is 4.79 Å². The molecule has 0 unspecified atom stereocenters. The molecule has 0 spiro atoms. The van der Waals surface area contributed by atoms with Crippen molar-refractivity contribution in [3.05, 3.63) is 33.8 Å². The summed E-state index contributed by atoms with van der Waals surface area (Å²) >= 11 is 3.39. The smallest absolute Gasteiger partial charge is 0.251 e. The van der Waals surface area contributed by atoms with Crippen LogP contribution < -0.4 is 5.32 Å². The third-order valence-electron chi connectivity index (χ3n) is 2.85. The first-order valence-electron chi connectivity index (χ1n) is 5.09. The van der Waals surface area contributed by atoms with E-state index in [2.05, 4.69) is 28.2 Å². The summed E-state index contributed by atoms with van der Waals surface area (Å²) in [4.78, 5) is 11.9. The van der Waals surface area contributed by atoms with E-state index in [0.29, 0.717) is 0 Å². The van der Waals surface area contributed by atoms with Gasteiger partial charge in [0.1, 0.15) is 0 Å². The first kappa shape index (κ1) is 10.7. The Bertz CT molecular complexity index is 410. The largest absolute Gasteiger partial charge is 0.347 e. The Morgan fingerprint density at radius 1 is 1.47 bits per heavy atom. The summed E-state index contributed by atoms with van der Waals surface area (Å²) in [5, 5.41) is 3.05. The minimum atomic E-state index is 0.0417. The van der Waals surface area contributed by atoms with Gasteiger partial charge in [-0.2, -0.15) is 0 Å². The van der Waals surface area contributed by atoms with Crippen molar-refractivity contribution < 1.29 is 4.79 Å². The van der Waals surface area contributed by atoms with Gasteiger partial charge in [0.05, 0.1) is 0 Å². The van der Waals surface area contributed by atoms with Crippen molar-refractivity contribution in [3.8, 4) is 0 Å². The van der Waals surface area contributed by atoms with E-state index in [1.54, 1.807) is 0 Å². The van der Waals surface area contributed by atoms with Crippen molar-refractivity contribution in [2.24, 2.45) is 0 Å². The number of halogens is 1. The van der Waals surface area contributed by atoms with Crippen molar-refractivity contribution in [1.82, 2.24) is 5.32 Å². The van der Waals surface area contributed by atoms with Crippen LogP contribution in [0.1, 0.15) is 35.7 Å². The average Bonchev–Trinajstić information content (AvgIpc) is 2.82. The summed E-state index contributed by atoms with van der Waals surface area (Å²) in [7, 11) is 0. The molecule has 0 saturated heterocycles. The number of amides is 1. The van der Waals surface area contributed by atoms with Crippen molar-refractivity contribution in [2.75, 3.05) is 0 Å². The molecule has 15 heavy (non-hydrogen) atoms. The molecule has 1 aromatic carbocycles. The van der Waals surface area contributed by atoms with Gasteiger partial charge in [-0.15, -0.1) is 0 Å². The highest BCUT2D eigenvalue weighted by atomic mass is 79.9. The summed E-state index contributed by atoms with van der Waals surface area (Å²) in [6, 6.07) is 5.72. The second-order valence-corrected chi connectivity index (χ2v) is 5.39. The van der Waals surface area contributed by atoms with Crippen LogP contribution in [0.2, 0.25) is 0 Å². The molecule has 2 nitrogen and oxygen atoms in total. The Balaban J connectivity index is 2.18. The second-order valence-electron chi connectivity index (χ2n) is 4.47. The Kier molecular flexibility index (Phi) is 2.59. The van der Waals surface area contributed by atoms with Gasteiger partial charge < -0.3 is 5.32 Å². The molecule has 80 valence electrons. The zero-order valence-electron chi connectivity index (χ0n) is 8.93. The number of hydrogen-bond acceptors (Lipinski definition) is 1. The topological polar surface area (TPSA) is 29.1 Å². The van der Waals surface area contributed by atoms with Crippen LogP contribution in [-0.4, -0.2) is 11.4 Å². The normalized spacial score (nSPS) is 17.3. The van der Waals surface area contributed by atoms with Crippen LogP contribution in [0.4, 0.5) is 0 Å². The molecule has 0 atom stereocenters. The fraction of sp³-hybridized carbons (Fsp3) is 0.417. The molecule has 1 aliphatic rings. The van der Waals surface area contributed by atoms with Crippen molar-refractivity contribution in [3.63, 3.8) is 0 Å². The molecule has 3 heteroatoms. The van der Waals surface area contributed by atoms with Crippen LogP contribution in [0.5, 0.6) is 0 Å². The molecular weight excluding hydrogens is 254 g/mol. The quantitative estimate of drug-likeness (QED) is 0.877. The molecule has 1 fully saturated rings. The van der Waals surface area contributed by atoms with Gasteiger partial charge in [0.2, 0.25) is 0 Å². The van der Waals surface area contributed by atoms with Crippen LogP contribution in [0, 0.1) is 6.92 Å². The number of carbonyl (C=O) groups excluding carboxylic acids is 1. The van der Waals surface area contributed by atoms with E-state index in [1.165, 1.54) is 0 Å². The van der Waals surface area contributed by atoms with Gasteiger partial charge in [-0.3, -0.25) is 4.79 Å². The average molecular weight is 268 g/mol. The lowest BCUT2D eigenvalue weighted by molar-refractivity contribution is 0.0935. The first-order valence-corrected chi connectivity index (χ1v) is 5.88. The van der Waals surface area contributed by atoms with Crippen LogP contribution in [0.25, 0.3) is 0 Å². The first-order chi connectivity index (χ1) is 7.00. The third kappa shape index (κ3) is 2.40. The van der Waals surface area contributed by atoms with E-state index in [0.717, 1.165) is 28.4 Å². The zero-order valence-corrected chi connectivity index (χ0v) is 10.5. The standard InChI is InChI=1S/C12H14BrNO/c1-8-7-9(13)3-4-10(8)11(15)14-12(2)5-6-12/h3-4,7H,5-6H2,1-2H3,(H,14,15). The van der Waals surface area contributed by atoms with Gasteiger partial charge in [0, 0.05) is 15.6 Å². The van der Waals surface area contributed by atoms with Gasteiger partial charge in [-0.1, -0.05) is 15.9 Å². The Morgan fingerprint density at radius 3 is 2.67 bits per heavy atom. The van der Waals surface area contributed by atoms with Crippen LogP contribution >= 0.6 is 15.9 Å². The number of nitrogens with one attached hydrogen (secondary N) is 1. The summed E-state index contributed by atoms with van der Waals surface area (Å²) in [6.07, 6.45) is 2.18. The number of carbonyl (C=O) groups is 1. The van der Waals surface area contributed by atoms with Gasteiger partial charge in [-0.25, -0.2) is 0 Å². The molecule has 1 N–H and O–H groups in total. The van der Waals surface area contributed by atoms with E-state index in [1.807, 2.05) is 25.1 Å².